The fourth-order valence-electron chi connectivity index (χ4n) is 5.30. The predicted molar refractivity (Wildman–Crippen MR) is 113 cm³/mol. The molecule has 0 unspecified atom stereocenters. The van der Waals surface area contributed by atoms with E-state index < -0.39 is 0 Å². The van der Waals surface area contributed by atoms with Gasteiger partial charge in [-0.05, 0) is 43.0 Å². The molecule has 1 aromatic carbocycles. The lowest BCUT2D eigenvalue weighted by Gasteiger charge is -2.29. The van der Waals surface area contributed by atoms with Crippen LogP contribution in [0.25, 0.3) is 6.08 Å². The number of amides is 1. The van der Waals surface area contributed by atoms with Crippen molar-refractivity contribution in [3.8, 4) is 0 Å². The highest BCUT2D eigenvalue weighted by Gasteiger charge is 2.63. The van der Waals surface area contributed by atoms with Crippen molar-refractivity contribution in [2.24, 2.45) is 11.8 Å². The number of aryl methyl sites for hydroxylation is 1. The molecule has 0 radical (unpaired) electrons. The lowest BCUT2D eigenvalue weighted by Crippen LogP contribution is -2.41. The largest absolute Gasteiger partial charge is 0.369 e. The normalized spacial score (nSPS) is 30.1. The quantitative estimate of drug-likeness (QED) is 0.798. The zero-order chi connectivity index (χ0) is 19.8. The molecule has 2 bridgehead atoms. The molecule has 3 aliphatic heterocycles. The molecule has 29 heavy (non-hydrogen) atoms. The van der Waals surface area contributed by atoms with Gasteiger partial charge in [0.05, 0.1) is 11.7 Å². The Morgan fingerprint density at radius 1 is 1.31 bits per heavy atom. The lowest BCUT2D eigenvalue weighted by atomic mass is 9.73. The summed E-state index contributed by atoms with van der Waals surface area (Å²) >= 11 is 0. The summed E-state index contributed by atoms with van der Waals surface area (Å²) in [6.45, 7) is 4.59. The van der Waals surface area contributed by atoms with Gasteiger partial charge in [0.25, 0.3) is 0 Å². The van der Waals surface area contributed by atoms with Crippen LogP contribution in [0.3, 0.4) is 0 Å². The van der Waals surface area contributed by atoms with Crippen molar-refractivity contribution in [3.05, 3.63) is 65.9 Å². The van der Waals surface area contributed by atoms with Gasteiger partial charge in [-0.1, -0.05) is 36.4 Å². The maximum atomic E-state index is 12.3. The molecule has 3 saturated heterocycles. The Morgan fingerprint density at radius 3 is 2.97 bits per heavy atom. The van der Waals surface area contributed by atoms with E-state index in [1.165, 1.54) is 5.56 Å². The van der Waals surface area contributed by atoms with Gasteiger partial charge in [0.1, 0.15) is 5.82 Å². The van der Waals surface area contributed by atoms with Crippen molar-refractivity contribution in [1.29, 1.82) is 0 Å². The van der Waals surface area contributed by atoms with Crippen LogP contribution in [0.5, 0.6) is 0 Å². The molecule has 0 saturated carbocycles. The second kappa shape index (κ2) is 7.30. The fraction of sp³-hybridized carbons (Fsp3) is 0.417. The third-order valence-corrected chi connectivity index (χ3v) is 6.74. The second-order valence-electron chi connectivity index (χ2n) is 8.59. The third-order valence-electron chi connectivity index (χ3n) is 6.74. The molecule has 5 rings (SSSR count). The van der Waals surface area contributed by atoms with Crippen molar-refractivity contribution < 1.29 is 9.53 Å². The van der Waals surface area contributed by atoms with E-state index in [4.69, 9.17) is 4.74 Å². The molecule has 1 spiro atoms. The zero-order valence-corrected chi connectivity index (χ0v) is 16.8. The van der Waals surface area contributed by atoms with Gasteiger partial charge in [-0.2, -0.15) is 0 Å². The van der Waals surface area contributed by atoms with E-state index in [1.807, 2.05) is 42.6 Å². The van der Waals surface area contributed by atoms with Crippen molar-refractivity contribution >= 4 is 17.8 Å². The van der Waals surface area contributed by atoms with Gasteiger partial charge in [0.15, 0.2) is 0 Å². The minimum atomic E-state index is -0.0630. The molecule has 150 valence electrons. The Balaban J connectivity index is 1.23. The number of ether oxygens (including phenoxy) is 1. The average Bonchev–Trinajstić information content (AvgIpc) is 3.40. The average molecular weight is 389 g/mol. The Kier molecular flexibility index (Phi) is 4.63. The van der Waals surface area contributed by atoms with Crippen LogP contribution in [0.1, 0.15) is 24.0 Å². The van der Waals surface area contributed by atoms with E-state index in [1.54, 1.807) is 6.08 Å². The molecule has 5 nitrogen and oxygen atoms in total. The van der Waals surface area contributed by atoms with Crippen LogP contribution in [-0.2, 0) is 9.53 Å². The predicted octanol–water partition coefficient (Wildman–Crippen LogP) is 3.20. The standard InChI is InChI=1S/C24H27N3O2/c1-17-7-9-22(25-13-17)27-15-20-19(21-11-12-24(20,16-27)29-21)14-26-23(28)10-8-18-5-3-2-4-6-18/h2-10,13,19-21H,11-12,14-16H2,1H3,(H,26,28)/t19-,20+,21+,24+/m0/s1. The van der Waals surface area contributed by atoms with Gasteiger partial charge in [0, 0.05) is 43.7 Å². The molecule has 1 aromatic heterocycles. The van der Waals surface area contributed by atoms with Crippen LogP contribution in [0.4, 0.5) is 5.82 Å². The number of rotatable bonds is 5. The van der Waals surface area contributed by atoms with E-state index in [2.05, 4.69) is 34.3 Å². The van der Waals surface area contributed by atoms with Crippen molar-refractivity contribution in [2.75, 3.05) is 24.5 Å². The number of aromatic nitrogens is 1. The second-order valence-corrected chi connectivity index (χ2v) is 8.59. The molecular formula is C24H27N3O2. The summed E-state index contributed by atoms with van der Waals surface area (Å²) in [6, 6.07) is 14.1. The van der Waals surface area contributed by atoms with E-state index >= 15 is 0 Å². The summed E-state index contributed by atoms with van der Waals surface area (Å²) in [7, 11) is 0. The van der Waals surface area contributed by atoms with Gasteiger partial charge in [0.2, 0.25) is 5.91 Å². The number of carbonyl (C=O) groups excluding carboxylic acids is 1. The summed E-state index contributed by atoms with van der Waals surface area (Å²) in [6.07, 6.45) is 7.88. The van der Waals surface area contributed by atoms with Gasteiger partial charge < -0.3 is 15.0 Å². The smallest absolute Gasteiger partial charge is 0.244 e. The van der Waals surface area contributed by atoms with E-state index in [-0.39, 0.29) is 17.6 Å². The summed E-state index contributed by atoms with van der Waals surface area (Å²) < 4.78 is 6.49. The SMILES string of the molecule is Cc1ccc(N2C[C@@H]3[C@H](CNC(=O)C=Cc4ccccc4)[C@H]4CC[C@]3(C2)O4)nc1. The van der Waals surface area contributed by atoms with Crippen molar-refractivity contribution in [3.63, 3.8) is 0 Å². The summed E-state index contributed by atoms with van der Waals surface area (Å²) in [4.78, 5) is 19.3. The molecule has 2 aromatic rings. The van der Waals surface area contributed by atoms with E-state index in [9.17, 15) is 4.79 Å². The molecule has 4 heterocycles. The van der Waals surface area contributed by atoms with E-state index in [0.29, 0.717) is 18.4 Å². The van der Waals surface area contributed by atoms with Gasteiger partial charge in [-0.15, -0.1) is 0 Å². The molecule has 5 heteroatoms. The monoisotopic (exact) mass is 389 g/mol. The summed E-state index contributed by atoms with van der Waals surface area (Å²) in [5, 5.41) is 3.11. The zero-order valence-electron chi connectivity index (χ0n) is 16.8. The minimum absolute atomic E-state index is 0.0410. The first-order valence-corrected chi connectivity index (χ1v) is 10.5. The Bertz CT molecular complexity index is 911. The highest BCUT2D eigenvalue weighted by Crippen LogP contribution is 2.55. The molecule has 1 N–H and O–H groups in total. The van der Waals surface area contributed by atoms with Crippen LogP contribution in [0.2, 0.25) is 0 Å². The molecule has 4 atom stereocenters. The topological polar surface area (TPSA) is 54.5 Å². The Hall–Kier alpha value is -2.66. The van der Waals surface area contributed by atoms with Gasteiger partial charge in [-0.25, -0.2) is 4.98 Å². The molecule has 3 aliphatic rings. The third kappa shape index (κ3) is 3.44. The minimum Gasteiger partial charge on any atom is -0.369 e. The van der Waals surface area contributed by atoms with Gasteiger partial charge >= 0.3 is 0 Å². The first-order chi connectivity index (χ1) is 14.1. The number of nitrogens with zero attached hydrogens (tertiary/aromatic N) is 2. The van der Waals surface area contributed by atoms with Crippen molar-refractivity contribution in [1.82, 2.24) is 10.3 Å². The van der Waals surface area contributed by atoms with Crippen LogP contribution in [0, 0.1) is 18.8 Å². The van der Waals surface area contributed by atoms with Crippen LogP contribution in [-0.4, -0.2) is 42.2 Å². The number of pyridine rings is 1. The number of hydrogen-bond donors (Lipinski definition) is 1. The molecule has 1 amide bonds. The summed E-state index contributed by atoms with van der Waals surface area (Å²) in [5.74, 6) is 1.80. The maximum Gasteiger partial charge on any atom is 0.244 e. The number of carbonyl (C=O) groups is 1. The Labute approximate surface area is 171 Å². The first kappa shape index (κ1) is 18.4. The highest BCUT2D eigenvalue weighted by atomic mass is 16.5. The lowest BCUT2D eigenvalue weighted by molar-refractivity contribution is -0.116. The fourth-order valence-corrected chi connectivity index (χ4v) is 5.30. The highest BCUT2D eigenvalue weighted by molar-refractivity contribution is 5.91. The first-order valence-electron chi connectivity index (χ1n) is 10.5. The number of fused-ring (bicyclic) bond motifs is 1. The number of anilines is 1. The molecule has 3 fully saturated rings. The molecular weight excluding hydrogens is 362 g/mol. The van der Waals surface area contributed by atoms with Crippen LogP contribution in [0.15, 0.2) is 54.7 Å². The van der Waals surface area contributed by atoms with Gasteiger partial charge in [-0.3, -0.25) is 4.79 Å². The number of nitrogens with one attached hydrogen (secondary N) is 1. The van der Waals surface area contributed by atoms with E-state index in [0.717, 1.165) is 37.3 Å². The molecule has 0 aliphatic carbocycles. The number of benzene rings is 1. The van der Waals surface area contributed by atoms with Crippen LogP contribution >= 0.6 is 0 Å². The number of hydrogen-bond acceptors (Lipinski definition) is 4. The van der Waals surface area contributed by atoms with Crippen molar-refractivity contribution in [2.45, 2.75) is 31.5 Å². The summed E-state index contributed by atoms with van der Waals surface area (Å²) in [5.41, 5.74) is 2.14. The maximum absolute atomic E-state index is 12.3. The Morgan fingerprint density at radius 2 is 2.17 bits per heavy atom. The van der Waals surface area contributed by atoms with Crippen LogP contribution < -0.4 is 10.2 Å².